The molecule has 0 bridgehead atoms. The van der Waals surface area contributed by atoms with Crippen molar-refractivity contribution in [2.75, 3.05) is 25.5 Å². The predicted octanol–water partition coefficient (Wildman–Crippen LogP) is 2.03. The Bertz CT molecular complexity index is 687. The highest BCUT2D eigenvalue weighted by Gasteiger charge is 2.18. The monoisotopic (exact) mass is 288 g/mol. The SMILES string of the molecule is CCN(C)C(=O)CNc1c([N+](=O)[O-])cnc2ccccc12. The highest BCUT2D eigenvalue weighted by atomic mass is 16.6. The molecule has 0 unspecified atom stereocenters. The highest BCUT2D eigenvalue weighted by Crippen LogP contribution is 2.31. The third-order valence-electron chi connectivity index (χ3n) is 3.27. The summed E-state index contributed by atoms with van der Waals surface area (Å²) in [5, 5.41) is 14.6. The molecule has 0 atom stereocenters. The van der Waals surface area contributed by atoms with E-state index < -0.39 is 4.92 Å². The fourth-order valence-electron chi connectivity index (χ4n) is 1.93. The fraction of sp³-hybridized carbons (Fsp3) is 0.286. The molecule has 0 saturated carbocycles. The topological polar surface area (TPSA) is 88.4 Å². The molecule has 0 aliphatic rings. The van der Waals surface area contributed by atoms with Crippen LogP contribution in [-0.2, 0) is 4.79 Å². The van der Waals surface area contributed by atoms with Crippen molar-refractivity contribution in [3.05, 3.63) is 40.6 Å². The van der Waals surface area contributed by atoms with E-state index >= 15 is 0 Å². The Kier molecular flexibility index (Phi) is 4.32. The van der Waals surface area contributed by atoms with Crippen molar-refractivity contribution in [1.82, 2.24) is 9.88 Å². The first kappa shape index (κ1) is 14.7. The van der Waals surface area contributed by atoms with Crippen molar-refractivity contribution < 1.29 is 9.72 Å². The van der Waals surface area contributed by atoms with E-state index in [0.29, 0.717) is 23.1 Å². The molecular weight excluding hydrogens is 272 g/mol. The Morgan fingerprint density at radius 3 is 2.81 bits per heavy atom. The molecule has 7 nitrogen and oxygen atoms in total. The summed E-state index contributed by atoms with van der Waals surface area (Å²) in [5.74, 6) is -0.132. The number of amides is 1. The summed E-state index contributed by atoms with van der Waals surface area (Å²) in [5.41, 5.74) is 0.825. The maximum Gasteiger partial charge on any atom is 0.311 e. The molecule has 1 heterocycles. The van der Waals surface area contributed by atoms with Gasteiger partial charge in [0, 0.05) is 19.0 Å². The van der Waals surface area contributed by atoms with Crippen LogP contribution in [0.4, 0.5) is 11.4 Å². The number of nitrogens with one attached hydrogen (secondary N) is 1. The Labute approximate surface area is 121 Å². The normalized spacial score (nSPS) is 10.4. The first-order valence-electron chi connectivity index (χ1n) is 6.54. The van der Waals surface area contributed by atoms with Crippen LogP contribution in [0.2, 0.25) is 0 Å². The van der Waals surface area contributed by atoms with Gasteiger partial charge in [-0.05, 0) is 13.0 Å². The number of para-hydroxylation sites is 1. The van der Waals surface area contributed by atoms with Gasteiger partial charge in [-0.25, -0.2) is 4.98 Å². The van der Waals surface area contributed by atoms with Crippen LogP contribution in [0.5, 0.6) is 0 Å². The molecule has 1 aromatic carbocycles. The Balaban J connectivity index is 2.38. The Hall–Kier alpha value is -2.70. The zero-order valence-electron chi connectivity index (χ0n) is 11.9. The third kappa shape index (κ3) is 3.07. The van der Waals surface area contributed by atoms with Gasteiger partial charge in [0.25, 0.3) is 0 Å². The number of carbonyl (C=O) groups excluding carboxylic acids is 1. The summed E-state index contributed by atoms with van der Waals surface area (Å²) in [6.07, 6.45) is 1.21. The van der Waals surface area contributed by atoms with Crippen LogP contribution >= 0.6 is 0 Å². The van der Waals surface area contributed by atoms with Gasteiger partial charge < -0.3 is 10.2 Å². The van der Waals surface area contributed by atoms with Gasteiger partial charge in [0.05, 0.1) is 17.0 Å². The lowest BCUT2D eigenvalue weighted by molar-refractivity contribution is -0.384. The fourth-order valence-corrected chi connectivity index (χ4v) is 1.93. The lowest BCUT2D eigenvalue weighted by atomic mass is 10.1. The smallest absolute Gasteiger partial charge is 0.311 e. The summed E-state index contributed by atoms with van der Waals surface area (Å²) in [4.78, 5) is 28.1. The van der Waals surface area contributed by atoms with Crippen LogP contribution in [-0.4, -0.2) is 40.9 Å². The van der Waals surface area contributed by atoms with E-state index in [1.165, 1.54) is 6.20 Å². The standard InChI is InChI=1S/C14H16N4O3/c1-3-17(2)13(19)9-16-14-10-6-4-5-7-11(10)15-8-12(14)18(20)21/h4-8H,3,9H2,1-2H3,(H,15,16). The first-order chi connectivity index (χ1) is 10.0. The summed E-state index contributed by atoms with van der Waals surface area (Å²) in [7, 11) is 1.68. The molecule has 0 spiro atoms. The number of pyridine rings is 1. The van der Waals surface area contributed by atoms with Crippen molar-refractivity contribution in [1.29, 1.82) is 0 Å². The van der Waals surface area contributed by atoms with Crippen molar-refractivity contribution in [2.45, 2.75) is 6.92 Å². The van der Waals surface area contributed by atoms with Crippen LogP contribution in [0.3, 0.4) is 0 Å². The number of anilines is 1. The number of nitrogens with zero attached hydrogens (tertiary/aromatic N) is 3. The molecule has 0 aliphatic carbocycles. The average molecular weight is 288 g/mol. The molecule has 0 radical (unpaired) electrons. The number of nitro groups is 1. The maximum atomic E-state index is 11.8. The number of likely N-dealkylation sites (N-methyl/N-ethyl adjacent to an activating group) is 1. The number of carbonyl (C=O) groups is 1. The second-order valence-electron chi connectivity index (χ2n) is 4.55. The van der Waals surface area contributed by atoms with Crippen molar-refractivity contribution in [2.24, 2.45) is 0 Å². The van der Waals surface area contributed by atoms with E-state index in [1.807, 2.05) is 6.92 Å². The summed E-state index contributed by atoms with van der Waals surface area (Å²) in [6, 6.07) is 7.09. The van der Waals surface area contributed by atoms with Crippen LogP contribution in [0.15, 0.2) is 30.5 Å². The Morgan fingerprint density at radius 2 is 2.14 bits per heavy atom. The number of rotatable bonds is 5. The molecule has 2 rings (SSSR count). The summed E-state index contributed by atoms with van der Waals surface area (Å²) in [6.45, 7) is 2.45. The van der Waals surface area contributed by atoms with E-state index in [4.69, 9.17) is 0 Å². The van der Waals surface area contributed by atoms with Crippen molar-refractivity contribution in [3.8, 4) is 0 Å². The van der Waals surface area contributed by atoms with E-state index in [1.54, 1.807) is 36.2 Å². The van der Waals surface area contributed by atoms with Gasteiger partial charge in [0.1, 0.15) is 11.9 Å². The minimum absolute atomic E-state index is 0.000806. The molecule has 2 aromatic rings. The molecule has 110 valence electrons. The molecule has 0 fully saturated rings. The van der Waals surface area contributed by atoms with E-state index in [9.17, 15) is 14.9 Å². The van der Waals surface area contributed by atoms with Crippen LogP contribution in [0.1, 0.15) is 6.92 Å². The molecule has 7 heteroatoms. The molecule has 1 N–H and O–H groups in total. The Morgan fingerprint density at radius 1 is 1.43 bits per heavy atom. The van der Waals surface area contributed by atoms with Crippen LogP contribution in [0.25, 0.3) is 10.9 Å². The summed E-state index contributed by atoms with van der Waals surface area (Å²) < 4.78 is 0. The number of hydrogen-bond acceptors (Lipinski definition) is 5. The second-order valence-corrected chi connectivity index (χ2v) is 4.55. The maximum absolute atomic E-state index is 11.8. The van der Waals surface area contributed by atoms with E-state index in [2.05, 4.69) is 10.3 Å². The lowest BCUT2D eigenvalue weighted by Gasteiger charge is -2.16. The van der Waals surface area contributed by atoms with Crippen molar-refractivity contribution >= 4 is 28.2 Å². The summed E-state index contributed by atoms with van der Waals surface area (Å²) >= 11 is 0. The molecule has 0 saturated heterocycles. The number of fused-ring (bicyclic) bond motifs is 1. The predicted molar refractivity (Wildman–Crippen MR) is 80.2 cm³/mol. The van der Waals surface area contributed by atoms with Gasteiger partial charge in [-0.3, -0.25) is 14.9 Å². The number of aromatic nitrogens is 1. The van der Waals surface area contributed by atoms with Gasteiger partial charge in [-0.15, -0.1) is 0 Å². The minimum atomic E-state index is -0.504. The van der Waals surface area contributed by atoms with E-state index in [0.717, 1.165) is 0 Å². The van der Waals surface area contributed by atoms with E-state index in [-0.39, 0.29) is 18.1 Å². The minimum Gasteiger partial charge on any atom is -0.370 e. The van der Waals surface area contributed by atoms with Gasteiger partial charge in [0.2, 0.25) is 5.91 Å². The zero-order chi connectivity index (χ0) is 15.4. The van der Waals surface area contributed by atoms with Crippen LogP contribution in [0, 0.1) is 10.1 Å². The average Bonchev–Trinajstić information content (AvgIpc) is 2.50. The molecule has 21 heavy (non-hydrogen) atoms. The lowest BCUT2D eigenvalue weighted by Crippen LogP contribution is -2.32. The first-order valence-corrected chi connectivity index (χ1v) is 6.54. The number of benzene rings is 1. The van der Waals surface area contributed by atoms with Gasteiger partial charge in [0.15, 0.2) is 0 Å². The van der Waals surface area contributed by atoms with Crippen molar-refractivity contribution in [3.63, 3.8) is 0 Å². The third-order valence-corrected chi connectivity index (χ3v) is 3.27. The molecular formula is C14H16N4O3. The second kappa shape index (κ2) is 6.17. The highest BCUT2D eigenvalue weighted by molar-refractivity contribution is 5.97. The quantitative estimate of drug-likeness (QED) is 0.671. The molecule has 1 aromatic heterocycles. The van der Waals surface area contributed by atoms with Gasteiger partial charge in [-0.1, -0.05) is 18.2 Å². The molecule has 1 amide bonds. The van der Waals surface area contributed by atoms with Gasteiger partial charge >= 0.3 is 5.69 Å². The molecule has 0 aliphatic heterocycles. The number of hydrogen-bond donors (Lipinski definition) is 1. The largest absolute Gasteiger partial charge is 0.370 e. The van der Waals surface area contributed by atoms with Gasteiger partial charge in [-0.2, -0.15) is 0 Å². The zero-order valence-corrected chi connectivity index (χ0v) is 11.9. The van der Waals surface area contributed by atoms with Crippen LogP contribution < -0.4 is 5.32 Å².